The second kappa shape index (κ2) is 4.44. The Morgan fingerprint density at radius 1 is 1.12 bits per heavy atom. The molecule has 0 amide bonds. The standard InChI is InChI=1S/C11H12F3NO2/c12-11(13,14)10(15)7-2-3-8-9(6-7)17-5-1-4-16-8/h2-3,6,10H,1,4-5,15H2/t10-/m0/s1. The van der Waals surface area contributed by atoms with Gasteiger partial charge in [0.05, 0.1) is 13.2 Å². The number of nitrogens with two attached hydrogens (primary N) is 1. The third-order valence-corrected chi connectivity index (χ3v) is 2.48. The van der Waals surface area contributed by atoms with E-state index in [4.69, 9.17) is 15.2 Å². The van der Waals surface area contributed by atoms with Crippen LogP contribution in [0.3, 0.4) is 0 Å². The van der Waals surface area contributed by atoms with Gasteiger partial charge in [0.15, 0.2) is 11.5 Å². The molecule has 0 aromatic heterocycles. The number of hydrogen-bond acceptors (Lipinski definition) is 3. The van der Waals surface area contributed by atoms with Gasteiger partial charge in [-0.25, -0.2) is 0 Å². The first-order valence-electron chi connectivity index (χ1n) is 5.20. The summed E-state index contributed by atoms with van der Waals surface area (Å²) in [6.45, 7) is 0.926. The van der Waals surface area contributed by atoms with Gasteiger partial charge in [-0.15, -0.1) is 0 Å². The Labute approximate surface area is 96.3 Å². The summed E-state index contributed by atoms with van der Waals surface area (Å²) in [6.07, 6.45) is -3.75. The van der Waals surface area contributed by atoms with Crippen molar-refractivity contribution in [1.82, 2.24) is 0 Å². The van der Waals surface area contributed by atoms with Gasteiger partial charge in [-0.05, 0) is 17.7 Å². The average molecular weight is 247 g/mol. The Kier molecular flexibility index (Phi) is 3.15. The third-order valence-electron chi connectivity index (χ3n) is 2.48. The first kappa shape index (κ1) is 12.0. The quantitative estimate of drug-likeness (QED) is 0.828. The van der Waals surface area contributed by atoms with Gasteiger partial charge in [0.1, 0.15) is 6.04 Å². The maximum absolute atomic E-state index is 12.5. The minimum atomic E-state index is -4.46. The topological polar surface area (TPSA) is 44.5 Å². The minimum absolute atomic E-state index is 0.0262. The molecular formula is C11H12F3NO2. The second-order valence-electron chi connectivity index (χ2n) is 3.78. The van der Waals surface area contributed by atoms with Crippen molar-refractivity contribution in [2.75, 3.05) is 13.2 Å². The van der Waals surface area contributed by atoms with Gasteiger partial charge in [0, 0.05) is 6.42 Å². The van der Waals surface area contributed by atoms with E-state index in [1.54, 1.807) is 0 Å². The van der Waals surface area contributed by atoms with E-state index in [2.05, 4.69) is 0 Å². The lowest BCUT2D eigenvalue weighted by Crippen LogP contribution is -2.28. The SMILES string of the molecule is N[C@@H](c1ccc2c(c1)OCCCO2)C(F)(F)F. The molecule has 2 N–H and O–H groups in total. The molecule has 0 aliphatic carbocycles. The fourth-order valence-corrected chi connectivity index (χ4v) is 1.56. The highest BCUT2D eigenvalue weighted by Gasteiger charge is 2.38. The average Bonchev–Trinajstić information content (AvgIpc) is 2.50. The Morgan fingerprint density at radius 2 is 1.76 bits per heavy atom. The van der Waals surface area contributed by atoms with Crippen LogP contribution in [0.2, 0.25) is 0 Å². The molecule has 2 rings (SSSR count). The van der Waals surface area contributed by atoms with Crippen molar-refractivity contribution in [2.24, 2.45) is 5.73 Å². The van der Waals surface area contributed by atoms with Crippen LogP contribution in [0.4, 0.5) is 13.2 Å². The van der Waals surface area contributed by atoms with Gasteiger partial charge in [-0.3, -0.25) is 0 Å². The summed E-state index contributed by atoms with van der Waals surface area (Å²) in [5, 5.41) is 0. The van der Waals surface area contributed by atoms with Gasteiger partial charge >= 0.3 is 6.18 Å². The van der Waals surface area contributed by atoms with Crippen molar-refractivity contribution in [1.29, 1.82) is 0 Å². The highest BCUT2D eigenvalue weighted by Crippen LogP contribution is 2.36. The number of rotatable bonds is 1. The van der Waals surface area contributed by atoms with Crippen molar-refractivity contribution in [3.05, 3.63) is 23.8 Å². The largest absolute Gasteiger partial charge is 0.490 e. The van der Waals surface area contributed by atoms with Gasteiger partial charge < -0.3 is 15.2 Å². The van der Waals surface area contributed by atoms with Crippen molar-refractivity contribution in [2.45, 2.75) is 18.6 Å². The fraction of sp³-hybridized carbons (Fsp3) is 0.455. The molecule has 94 valence electrons. The van der Waals surface area contributed by atoms with E-state index in [-0.39, 0.29) is 5.56 Å². The molecular weight excluding hydrogens is 235 g/mol. The minimum Gasteiger partial charge on any atom is -0.490 e. The van der Waals surface area contributed by atoms with Crippen LogP contribution in [-0.2, 0) is 0 Å². The molecule has 17 heavy (non-hydrogen) atoms. The number of hydrogen-bond donors (Lipinski definition) is 1. The molecule has 1 atom stereocenters. The lowest BCUT2D eigenvalue weighted by atomic mass is 10.1. The summed E-state index contributed by atoms with van der Waals surface area (Å²) < 4.78 is 48.0. The fourth-order valence-electron chi connectivity index (χ4n) is 1.56. The highest BCUT2D eigenvalue weighted by molar-refractivity contribution is 5.44. The molecule has 6 heteroatoms. The molecule has 0 spiro atoms. The van der Waals surface area contributed by atoms with Crippen LogP contribution in [0.25, 0.3) is 0 Å². The summed E-state index contributed by atoms with van der Waals surface area (Å²) in [5.41, 5.74) is 5.10. The zero-order chi connectivity index (χ0) is 12.5. The van der Waals surface area contributed by atoms with Crippen LogP contribution in [0.5, 0.6) is 11.5 Å². The Hall–Kier alpha value is -1.43. The molecule has 1 aliphatic rings. The van der Waals surface area contributed by atoms with E-state index in [0.717, 1.165) is 0 Å². The summed E-state index contributed by atoms with van der Waals surface area (Å²) in [6, 6.07) is 2.06. The highest BCUT2D eigenvalue weighted by atomic mass is 19.4. The van der Waals surface area contributed by atoms with E-state index in [0.29, 0.717) is 31.1 Å². The summed E-state index contributed by atoms with van der Waals surface area (Å²) >= 11 is 0. The maximum atomic E-state index is 12.5. The van der Waals surface area contributed by atoms with Gasteiger partial charge in [0.2, 0.25) is 0 Å². The summed E-state index contributed by atoms with van der Waals surface area (Å²) in [4.78, 5) is 0. The normalized spacial score (nSPS) is 17.4. The molecule has 0 saturated heterocycles. The number of alkyl halides is 3. The Bertz CT molecular complexity index is 406. The molecule has 0 bridgehead atoms. The van der Waals surface area contributed by atoms with Crippen molar-refractivity contribution >= 4 is 0 Å². The third kappa shape index (κ3) is 2.63. The van der Waals surface area contributed by atoms with E-state index < -0.39 is 12.2 Å². The van der Waals surface area contributed by atoms with Crippen LogP contribution in [0, 0.1) is 0 Å². The van der Waals surface area contributed by atoms with Crippen molar-refractivity contribution in [3.8, 4) is 11.5 Å². The van der Waals surface area contributed by atoms with Gasteiger partial charge in [0.25, 0.3) is 0 Å². The van der Waals surface area contributed by atoms with E-state index >= 15 is 0 Å². The first-order chi connectivity index (χ1) is 7.98. The number of halogens is 3. The lowest BCUT2D eigenvalue weighted by molar-refractivity contribution is -0.149. The number of benzene rings is 1. The van der Waals surface area contributed by atoms with E-state index in [1.165, 1.54) is 18.2 Å². The molecule has 1 heterocycles. The first-order valence-corrected chi connectivity index (χ1v) is 5.20. The Balaban J connectivity index is 2.29. The van der Waals surface area contributed by atoms with Crippen LogP contribution >= 0.6 is 0 Å². The summed E-state index contributed by atoms with van der Waals surface area (Å²) in [5.74, 6) is 0.778. The van der Waals surface area contributed by atoms with Gasteiger partial charge in [-0.2, -0.15) is 13.2 Å². The van der Waals surface area contributed by atoms with Crippen LogP contribution in [-0.4, -0.2) is 19.4 Å². The second-order valence-corrected chi connectivity index (χ2v) is 3.78. The monoisotopic (exact) mass is 247 g/mol. The molecule has 0 fully saturated rings. The van der Waals surface area contributed by atoms with Crippen LogP contribution in [0.1, 0.15) is 18.0 Å². The van der Waals surface area contributed by atoms with E-state index in [9.17, 15) is 13.2 Å². The number of fused-ring (bicyclic) bond motifs is 1. The van der Waals surface area contributed by atoms with Crippen LogP contribution < -0.4 is 15.2 Å². The molecule has 3 nitrogen and oxygen atoms in total. The van der Waals surface area contributed by atoms with Crippen LogP contribution in [0.15, 0.2) is 18.2 Å². The zero-order valence-electron chi connectivity index (χ0n) is 8.96. The molecule has 1 aromatic rings. The molecule has 0 saturated carbocycles. The maximum Gasteiger partial charge on any atom is 0.407 e. The van der Waals surface area contributed by atoms with Gasteiger partial charge in [-0.1, -0.05) is 6.07 Å². The Morgan fingerprint density at radius 3 is 2.41 bits per heavy atom. The summed E-state index contributed by atoms with van der Waals surface area (Å²) in [7, 11) is 0. The lowest BCUT2D eigenvalue weighted by Gasteiger charge is -2.17. The smallest absolute Gasteiger partial charge is 0.407 e. The zero-order valence-corrected chi connectivity index (χ0v) is 8.96. The van der Waals surface area contributed by atoms with Crippen molar-refractivity contribution in [3.63, 3.8) is 0 Å². The molecule has 0 radical (unpaired) electrons. The molecule has 1 aromatic carbocycles. The van der Waals surface area contributed by atoms with E-state index in [1.807, 2.05) is 0 Å². The predicted octanol–water partition coefficient (Wildman–Crippen LogP) is 2.41. The molecule has 0 unspecified atom stereocenters. The predicted molar refractivity (Wildman–Crippen MR) is 55.0 cm³/mol. The molecule has 1 aliphatic heterocycles. The van der Waals surface area contributed by atoms with Crippen molar-refractivity contribution < 1.29 is 22.6 Å². The number of ether oxygens (including phenoxy) is 2.